The first-order valence-corrected chi connectivity index (χ1v) is 7.67. The van der Waals surface area contributed by atoms with E-state index in [9.17, 15) is 0 Å². The van der Waals surface area contributed by atoms with E-state index in [1.165, 1.54) is 49.8 Å². The minimum absolute atomic E-state index is 0.700. The highest BCUT2D eigenvalue weighted by Crippen LogP contribution is 2.29. The van der Waals surface area contributed by atoms with Gasteiger partial charge in [0.15, 0.2) is 0 Å². The molecule has 1 saturated carbocycles. The molecule has 0 spiro atoms. The smallest absolute Gasteiger partial charge is 0.0342 e. The van der Waals surface area contributed by atoms with Crippen molar-refractivity contribution in [2.45, 2.75) is 64.8 Å². The lowest BCUT2D eigenvalue weighted by atomic mass is 9.83. The molecule has 0 amide bonds. The predicted molar refractivity (Wildman–Crippen MR) is 80.1 cm³/mol. The van der Waals surface area contributed by atoms with Crippen LogP contribution in [-0.4, -0.2) is 6.04 Å². The Morgan fingerprint density at radius 1 is 1.00 bits per heavy atom. The molecule has 0 unspecified atom stereocenters. The van der Waals surface area contributed by atoms with E-state index in [1.54, 1.807) is 0 Å². The minimum atomic E-state index is 0.700. The van der Waals surface area contributed by atoms with E-state index in [0.29, 0.717) is 6.04 Å². The Hall–Kier alpha value is -0.980. The van der Waals surface area contributed by atoms with Crippen molar-refractivity contribution in [3.05, 3.63) is 29.8 Å². The minimum Gasteiger partial charge on any atom is -0.382 e. The number of hydrogen-bond donors (Lipinski definition) is 1. The van der Waals surface area contributed by atoms with Gasteiger partial charge in [-0.05, 0) is 55.7 Å². The van der Waals surface area contributed by atoms with Crippen molar-refractivity contribution in [2.24, 2.45) is 5.92 Å². The summed E-state index contributed by atoms with van der Waals surface area (Å²) in [5.74, 6) is 0.996. The first kappa shape index (κ1) is 13.5. The summed E-state index contributed by atoms with van der Waals surface area (Å²) in [4.78, 5) is 0. The largest absolute Gasteiger partial charge is 0.382 e. The van der Waals surface area contributed by atoms with Crippen LogP contribution >= 0.6 is 0 Å². The van der Waals surface area contributed by atoms with E-state index < -0.39 is 0 Å². The molecule has 0 aliphatic heterocycles. The third kappa shape index (κ3) is 3.76. The maximum absolute atomic E-state index is 3.69. The first-order chi connectivity index (χ1) is 8.81. The lowest BCUT2D eigenvalue weighted by Crippen LogP contribution is -2.26. The summed E-state index contributed by atoms with van der Waals surface area (Å²) in [5, 5.41) is 3.69. The molecule has 1 N–H and O–H groups in total. The number of anilines is 1. The van der Waals surface area contributed by atoms with Gasteiger partial charge in [0.05, 0.1) is 0 Å². The van der Waals surface area contributed by atoms with Crippen molar-refractivity contribution in [1.82, 2.24) is 0 Å². The Morgan fingerprint density at radius 2 is 1.67 bits per heavy atom. The third-order valence-corrected chi connectivity index (χ3v) is 4.28. The molecule has 0 saturated heterocycles. The van der Waals surface area contributed by atoms with E-state index in [1.807, 2.05) is 0 Å². The van der Waals surface area contributed by atoms with Crippen LogP contribution in [0.4, 0.5) is 5.69 Å². The van der Waals surface area contributed by atoms with Crippen LogP contribution in [-0.2, 0) is 6.42 Å². The highest BCUT2D eigenvalue weighted by Gasteiger charge is 2.20. The SMILES string of the molecule is CCCC1CCC(Nc2ccc(CC)cc2)CC1. The molecule has 2 rings (SSSR count). The second-order valence-corrected chi connectivity index (χ2v) is 5.70. The van der Waals surface area contributed by atoms with Gasteiger partial charge in [-0.25, -0.2) is 0 Å². The maximum Gasteiger partial charge on any atom is 0.0342 e. The highest BCUT2D eigenvalue weighted by molar-refractivity contribution is 5.45. The molecule has 1 nitrogen and oxygen atoms in total. The molecule has 1 aliphatic carbocycles. The molecule has 18 heavy (non-hydrogen) atoms. The molecule has 0 aromatic heterocycles. The van der Waals surface area contributed by atoms with Crippen molar-refractivity contribution >= 4 is 5.69 Å². The van der Waals surface area contributed by atoms with Crippen LogP contribution in [0, 0.1) is 5.92 Å². The Balaban J connectivity index is 1.80. The molecule has 100 valence electrons. The van der Waals surface area contributed by atoms with Crippen LogP contribution in [0.1, 0.15) is 57.9 Å². The molecule has 0 atom stereocenters. The van der Waals surface area contributed by atoms with Crippen molar-refractivity contribution in [2.75, 3.05) is 5.32 Å². The molecule has 0 heterocycles. The van der Waals surface area contributed by atoms with Crippen molar-refractivity contribution in [3.8, 4) is 0 Å². The van der Waals surface area contributed by atoms with E-state index >= 15 is 0 Å². The van der Waals surface area contributed by atoms with Gasteiger partial charge in [0.2, 0.25) is 0 Å². The second-order valence-electron chi connectivity index (χ2n) is 5.70. The molecule has 1 heteroatoms. The summed E-state index contributed by atoms with van der Waals surface area (Å²) >= 11 is 0. The molecular weight excluding hydrogens is 218 g/mol. The normalized spacial score (nSPS) is 23.9. The Bertz CT molecular complexity index is 333. The average molecular weight is 245 g/mol. The lowest BCUT2D eigenvalue weighted by Gasteiger charge is -2.29. The number of rotatable bonds is 5. The average Bonchev–Trinajstić information content (AvgIpc) is 2.42. The van der Waals surface area contributed by atoms with Gasteiger partial charge in [-0.2, -0.15) is 0 Å². The Labute approximate surface area is 112 Å². The maximum atomic E-state index is 3.69. The zero-order valence-electron chi connectivity index (χ0n) is 11.9. The molecule has 1 aromatic rings. The van der Waals surface area contributed by atoms with Crippen LogP contribution in [0.5, 0.6) is 0 Å². The number of hydrogen-bond acceptors (Lipinski definition) is 1. The summed E-state index contributed by atoms with van der Waals surface area (Å²) in [6.07, 6.45) is 9.43. The van der Waals surface area contributed by atoms with E-state index in [4.69, 9.17) is 0 Å². The van der Waals surface area contributed by atoms with E-state index in [-0.39, 0.29) is 0 Å². The van der Waals surface area contributed by atoms with Gasteiger partial charge in [-0.1, -0.05) is 38.8 Å². The fraction of sp³-hybridized carbons (Fsp3) is 0.647. The van der Waals surface area contributed by atoms with Crippen molar-refractivity contribution in [3.63, 3.8) is 0 Å². The fourth-order valence-electron chi connectivity index (χ4n) is 3.08. The number of aryl methyl sites for hydroxylation is 1. The van der Waals surface area contributed by atoms with Crippen LogP contribution in [0.15, 0.2) is 24.3 Å². The summed E-state index contributed by atoms with van der Waals surface area (Å²) in [7, 11) is 0. The third-order valence-electron chi connectivity index (χ3n) is 4.28. The monoisotopic (exact) mass is 245 g/mol. The standard InChI is InChI=1S/C17H27N/c1-3-5-15-8-12-17(13-9-15)18-16-10-6-14(4-2)7-11-16/h6-7,10-11,15,17-18H,3-5,8-9,12-13H2,1-2H3. The number of nitrogens with one attached hydrogen (secondary N) is 1. The molecule has 1 aliphatic rings. The Morgan fingerprint density at radius 3 is 2.22 bits per heavy atom. The zero-order chi connectivity index (χ0) is 12.8. The van der Waals surface area contributed by atoms with Crippen LogP contribution in [0.25, 0.3) is 0 Å². The van der Waals surface area contributed by atoms with E-state index in [0.717, 1.165) is 12.3 Å². The molecule has 0 bridgehead atoms. The Kier molecular flexibility index (Phi) is 5.10. The highest BCUT2D eigenvalue weighted by atomic mass is 14.9. The van der Waals surface area contributed by atoms with Gasteiger partial charge in [0.1, 0.15) is 0 Å². The van der Waals surface area contributed by atoms with Gasteiger partial charge in [-0.3, -0.25) is 0 Å². The van der Waals surface area contributed by atoms with E-state index in [2.05, 4.69) is 43.4 Å². The second kappa shape index (κ2) is 6.82. The summed E-state index contributed by atoms with van der Waals surface area (Å²) in [6.45, 7) is 4.51. The summed E-state index contributed by atoms with van der Waals surface area (Å²) in [6, 6.07) is 9.65. The fourth-order valence-corrected chi connectivity index (χ4v) is 3.08. The topological polar surface area (TPSA) is 12.0 Å². The van der Waals surface area contributed by atoms with Gasteiger partial charge < -0.3 is 5.32 Å². The molecular formula is C17H27N. The van der Waals surface area contributed by atoms with Crippen LogP contribution in [0.3, 0.4) is 0 Å². The van der Waals surface area contributed by atoms with Gasteiger partial charge in [-0.15, -0.1) is 0 Å². The van der Waals surface area contributed by atoms with Crippen molar-refractivity contribution < 1.29 is 0 Å². The van der Waals surface area contributed by atoms with Crippen LogP contribution in [0.2, 0.25) is 0 Å². The zero-order valence-corrected chi connectivity index (χ0v) is 11.9. The molecule has 1 fully saturated rings. The first-order valence-electron chi connectivity index (χ1n) is 7.67. The van der Waals surface area contributed by atoms with Gasteiger partial charge >= 0.3 is 0 Å². The van der Waals surface area contributed by atoms with Gasteiger partial charge in [0.25, 0.3) is 0 Å². The summed E-state index contributed by atoms with van der Waals surface area (Å²) in [5.41, 5.74) is 2.72. The van der Waals surface area contributed by atoms with Gasteiger partial charge in [0, 0.05) is 11.7 Å². The quantitative estimate of drug-likeness (QED) is 0.768. The summed E-state index contributed by atoms with van der Waals surface area (Å²) < 4.78 is 0. The van der Waals surface area contributed by atoms with Crippen molar-refractivity contribution in [1.29, 1.82) is 0 Å². The van der Waals surface area contributed by atoms with Crippen LogP contribution < -0.4 is 5.32 Å². The molecule has 0 radical (unpaired) electrons. The molecule has 1 aromatic carbocycles. The lowest BCUT2D eigenvalue weighted by molar-refractivity contribution is 0.319. The number of benzene rings is 1. The predicted octanol–water partition coefficient (Wildman–Crippen LogP) is 5.02.